The quantitative estimate of drug-likeness (QED) is 0.675. The molecule has 2 aromatic rings. The third-order valence-electron chi connectivity index (χ3n) is 1.95. The molecule has 0 radical (unpaired) electrons. The maximum atomic E-state index is 5.25. The highest BCUT2D eigenvalue weighted by Gasteiger charge is 2.08. The summed E-state index contributed by atoms with van der Waals surface area (Å²) in [5.74, 6) is 3.91. The van der Waals surface area contributed by atoms with Crippen molar-refractivity contribution in [2.45, 2.75) is 0 Å². The lowest BCUT2D eigenvalue weighted by Gasteiger charge is -2.04. The first kappa shape index (κ1) is 9.34. The van der Waals surface area contributed by atoms with Gasteiger partial charge in [0.2, 0.25) is 17.5 Å². The fourth-order valence-electron chi connectivity index (χ4n) is 1.25. The minimum absolute atomic E-state index is 0.438. The van der Waals surface area contributed by atoms with Crippen molar-refractivity contribution in [1.82, 2.24) is 14.4 Å². The number of fused-ring (bicyclic) bond motifs is 1. The third kappa shape index (κ3) is 1.46. The molecular formula is C10H9N3O2. The van der Waals surface area contributed by atoms with E-state index in [0.29, 0.717) is 23.2 Å². The highest BCUT2D eigenvalue weighted by atomic mass is 16.5. The average Bonchev–Trinajstić information content (AvgIpc) is 2.70. The van der Waals surface area contributed by atoms with E-state index in [0.717, 1.165) is 0 Å². The van der Waals surface area contributed by atoms with Gasteiger partial charge < -0.3 is 9.47 Å². The maximum absolute atomic E-state index is 5.25. The van der Waals surface area contributed by atoms with Crippen LogP contribution in [0.25, 0.3) is 5.78 Å². The lowest BCUT2D eigenvalue weighted by Crippen LogP contribution is -1.97. The number of hydrogen-bond donors (Lipinski definition) is 0. The third-order valence-corrected chi connectivity index (χ3v) is 1.95. The van der Waals surface area contributed by atoms with Crippen LogP contribution in [0.3, 0.4) is 0 Å². The van der Waals surface area contributed by atoms with Gasteiger partial charge in [-0.3, -0.25) is 4.40 Å². The van der Waals surface area contributed by atoms with E-state index >= 15 is 0 Å². The summed E-state index contributed by atoms with van der Waals surface area (Å²) in [6.07, 6.45) is 6.93. The summed E-state index contributed by atoms with van der Waals surface area (Å²) in [5.41, 5.74) is 0.508. The van der Waals surface area contributed by atoms with Gasteiger partial charge in [-0.1, -0.05) is 0 Å². The SMILES string of the molecule is C#Cc1cn2c(OC)cc(OC)nc2n1. The molecule has 0 amide bonds. The van der Waals surface area contributed by atoms with Crippen LogP contribution < -0.4 is 9.47 Å². The highest BCUT2D eigenvalue weighted by Crippen LogP contribution is 2.19. The molecule has 5 nitrogen and oxygen atoms in total. The lowest BCUT2D eigenvalue weighted by molar-refractivity contribution is 0.369. The Morgan fingerprint density at radius 1 is 1.33 bits per heavy atom. The Morgan fingerprint density at radius 3 is 2.73 bits per heavy atom. The van der Waals surface area contributed by atoms with Gasteiger partial charge >= 0.3 is 0 Å². The van der Waals surface area contributed by atoms with E-state index in [1.54, 1.807) is 23.8 Å². The molecule has 0 N–H and O–H groups in total. The van der Waals surface area contributed by atoms with Crippen molar-refractivity contribution in [3.63, 3.8) is 0 Å². The van der Waals surface area contributed by atoms with E-state index in [1.165, 1.54) is 7.11 Å². The number of aromatic nitrogens is 3. The average molecular weight is 203 g/mol. The van der Waals surface area contributed by atoms with Gasteiger partial charge in [0, 0.05) is 6.20 Å². The van der Waals surface area contributed by atoms with Crippen LogP contribution in [0.5, 0.6) is 11.8 Å². The first-order valence-electron chi connectivity index (χ1n) is 4.23. The molecule has 0 unspecified atom stereocenters. The summed E-state index contributed by atoms with van der Waals surface area (Å²) in [6, 6.07) is 1.66. The molecule has 0 saturated carbocycles. The van der Waals surface area contributed by atoms with Crippen molar-refractivity contribution < 1.29 is 9.47 Å². The molecule has 0 fully saturated rings. The molecular weight excluding hydrogens is 194 g/mol. The molecule has 0 aliphatic rings. The van der Waals surface area contributed by atoms with Gasteiger partial charge in [0.05, 0.1) is 20.3 Å². The Balaban J connectivity index is 2.73. The Labute approximate surface area is 86.7 Å². The molecule has 2 rings (SSSR count). The molecule has 0 aliphatic heterocycles. The van der Waals surface area contributed by atoms with Crippen molar-refractivity contribution in [3.05, 3.63) is 18.0 Å². The molecule has 15 heavy (non-hydrogen) atoms. The molecule has 0 saturated heterocycles. The van der Waals surface area contributed by atoms with E-state index in [1.807, 2.05) is 0 Å². The van der Waals surface area contributed by atoms with E-state index in [2.05, 4.69) is 15.9 Å². The van der Waals surface area contributed by atoms with Crippen molar-refractivity contribution in [2.24, 2.45) is 0 Å². The fraction of sp³-hybridized carbons (Fsp3) is 0.200. The highest BCUT2D eigenvalue weighted by molar-refractivity contribution is 5.43. The van der Waals surface area contributed by atoms with Crippen LogP contribution in [0.2, 0.25) is 0 Å². The maximum Gasteiger partial charge on any atom is 0.241 e. The minimum Gasteiger partial charge on any atom is -0.482 e. The van der Waals surface area contributed by atoms with Gasteiger partial charge in [-0.25, -0.2) is 4.98 Å². The molecule has 5 heteroatoms. The number of methoxy groups -OCH3 is 2. The van der Waals surface area contributed by atoms with Crippen LogP contribution >= 0.6 is 0 Å². The van der Waals surface area contributed by atoms with Crippen LogP contribution in [-0.4, -0.2) is 28.6 Å². The zero-order valence-electron chi connectivity index (χ0n) is 8.39. The molecule has 0 aliphatic carbocycles. The van der Waals surface area contributed by atoms with E-state index in [9.17, 15) is 0 Å². The number of nitrogens with zero attached hydrogens (tertiary/aromatic N) is 3. The van der Waals surface area contributed by atoms with Gasteiger partial charge in [0.15, 0.2) is 0 Å². The predicted molar refractivity (Wildman–Crippen MR) is 54.0 cm³/mol. The summed E-state index contributed by atoms with van der Waals surface area (Å²) >= 11 is 0. The van der Waals surface area contributed by atoms with Gasteiger partial charge in [-0.15, -0.1) is 6.42 Å². The number of ether oxygens (including phenoxy) is 2. The Morgan fingerprint density at radius 2 is 2.13 bits per heavy atom. The monoisotopic (exact) mass is 203 g/mol. The molecule has 0 spiro atoms. The Hall–Kier alpha value is -2.22. The zero-order chi connectivity index (χ0) is 10.8. The zero-order valence-corrected chi connectivity index (χ0v) is 8.39. The van der Waals surface area contributed by atoms with Crippen LogP contribution in [-0.2, 0) is 0 Å². The number of hydrogen-bond acceptors (Lipinski definition) is 4. The largest absolute Gasteiger partial charge is 0.482 e. The second kappa shape index (κ2) is 3.50. The summed E-state index contributed by atoms with van der Waals surface area (Å²) in [5, 5.41) is 0. The number of terminal acetylenes is 1. The van der Waals surface area contributed by atoms with E-state index < -0.39 is 0 Å². The first-order chi connectivity index (χ1) is 7.28. The molecule has 2 heterocycles. The van der Waals surface area contributed by atoms with Crippen molar-refractivity contribution in [2.75, 3.05) is 14.2 Å². The smallest absolute Gasteiger partial charge is 0.241 e. The second-order valence-corrected chi connectivity index (χ2v) is 2.78. The second-order valence-electron chi connectivity index (χ2n) is 2.78. The van der Waals surface area contributed by atoms with Gasteiger partial charge in [-0.2, -0.15) is 4.98 Å². The van der Waals surface area contributed by atoms with Crippen LogP contribution in [0.15, 0.2) is 12.3 Å². The summed E-state index contributed by atoms with van der Waals surface area (Å²) in [4.78, 5) is 8.23. The number of imidazole rings is 1. The molecule has 76 valence electrons. The standard InChI is InChI=1S/C10H9N3O2/c1-4-7-6-13-9(15-3)5-8(14-2)12-10(13)11-7/h1,5-6H,2-3H3. The molecule has 0 atom stereocenters. The normalized spacial score (nSPS) is 9.93. The summed E-state index contributed by atoms with van der Waals surface area (Å²) < 4.78 is 11.8. The van der Waals surface area contributed by atoms with E-state index in [4.69, 9.17) is 15.9 Å². The topological polar surface area (TPSA) is 48.7 Å². The summed E-state index contributed by atoms with van der Waals surface area (Å²) in [7, 11) is 3.09. The van der Waals surface area contributed by atoms with Crippen LogP contribution in [0, 0.1) is 12.3 Å². The van der Waals surface area contributed by atoms with Crippen molar-refractivity contribution in [1.29, 1.82) is 0 Å². The van der Waals surface area contributed by atoms with Gasteiger partial charge in [0.1, 0.15) is 5.69 Å². The van der Waals surface area contributed by atoms with Gasteiger partial charge in [-0.05, 0) is 5.92 Å². The van der Waals surface area contributed by atoms with Crippen molar-refractivity contribution in [3.8, 4) is 24.1 Å². The first-order valence-corrected chi connectivity index (χ1v) is 4.23. The fourth-order valence-corrected chi connectivity index (χ4v) is 1.25. The molecule has 2 aromatic heterocycles. The Kier molecular flexibility index (Phi) is 2.18. The Bertz CT molecular complexity index is 539. The van der Waals surface area contributed by atoms with Crippen LogP contribution in [0.1, 0.15) is 5.69 Å². The molecule has 0 aromatic carbocycles. The van der Waals surface area contributed by atoms with E-state index in [-0.39, 0.29) is 0 Å². The lowest BCUT2D eigenvalue weighted by atomic mass is 10.5. The molecule has 0 bridgehead atoms. The minimum atomic E-state index is 0.438. The van der Waals surface area contributed by atoms with Gasteiger partial charge in [0.25, 0.3) is 0 Å². The van der Waals surface area contributed by atoms with Crippen LogP contribution in [0.4, 0.5) is 0 Å². The van der Waals surface area contributed by atoms with Crippen molar-refractivity contribution >= 4 is 5.78 Å². The predicted octanol–water partition coefficient (Wildman–Crippen LogP) is 0.728. The number of rotatable bonds is 2. The summed E-state index contributed by atoms with van der Waals surface area (Å²) in [6.45, 7) is 0.